The van der Waals surface area contributed by atoms with E-state index in [-0.39, 0.29) is 13.1 Å². The molecule has 5 rings (SSSR count). The topological polar surface area (TPSA) is 114 Å². The molecule has 9 nitrogen and oxygen atoms in total. The fraction of sp³-hybridized carbons (Fsp3) is 0.269. The normalized spacial score (nSPS) is 14.4. The van der Waals surface area contributed by atoms with Crippen LogP contribution in [0.25, 0.3) is 22.2 Å². The number of nitrogens with one attached hydrogen (secondary N) is 2. The van der Waals surface area contributed by atoms with E-state index < -0.39 is 18.5 Å². The van der Waals surface area contributed by atoms with Gasteiger partial charge in [0.05, 0.1) is 16.6 Å². The summed E-state index contributed by atoms with van der Waals surface area (Å²) in [5.41, 5.74) is 4.65. The van der Waals surface area contributed by atoms with Crippen LogP contribution >= 0.6 is 0 Å². The lowest BCUT2D eigenvalue weighted by Gasteiger charge is -2.35. The number of aromatic amines is 1. The van der Waals surface area contributed by atoms with Gasteiger partial charge in [0, 0.05) is 56.9 Å². The number of rotatable bonds is 6. The van der Waals surface area contributed by atoms with Crippen LogP contribution in [0.15, 0.2) is 55.0 Å². The number of carbonyl (C=O) groups is 1. The van der Waals surface area contributed by atoms with Crippen molar-refractivity contribution in [2.24, 2.45) is 0 Å². The van der Waals surface area contributed by atoms with Crippen molar-refractivity contribution in [3.8, 4) is 17.2 Å². The third-order valence-corrected chi connectivity index (χ3v) is 6.29. The number of fused-ring (bicyclic) bond motifs is 1. The minimum Gasteiger partial charge on any atom is -0.340 e. The maximum absolute atomic E-state index is 12.5. The number of pyridine rings is 2. The predicted molar refractivity (Wildman–Crippen MR) is 134 cm³/mol. The number of halogens is 3. The molecule has 0 bridgehead atoms. The fourth-order valence-electron chi connectivity index (χ4n) is 4.43. The first kappa shape index (κ1) is 25.2. The predicted octanol–water partition coefficient (Wildman–Crippen LogP) is 4.23. The number of nitrogens with zero attached hydrogens (tertiary/aromatic N) is 6. The summed E-state index contributed by atoms with van der Waals surface area (Å²) in [6.07, 6.45) is -1.05. The molecule has 0 atom stereocenters. The molecule has 1 saturated heterocycles. The average Bonchev–Trinajstić information content (AvgIpc) is 3.29. The Morgan fingerprint density at radius 3 is 2.68 bits per heavy atom. The molecule has 38 heavy (non-hydrogen) atoms. The number of hydrogen-bond donors (Lipinski definition) is 2. The molecule has 194 valence electrons. The van der Waals surface area contributed by atoms with Crippen LogP contribution in [0.1, 0.15) is 17.5 Å². The number of benzene rings is 1. The van der Waals surface area contributed by atoms with Gasteiger partial charge >= 0.3 is 6.18 Å². The Hall–Kier alpha value is -4.50. The lowest BCUT2D eigenvalue weighted by atomic mass is 10.0. The second-order valence-corrected chi connectivity index (χ2v) is 8.97. The Bertz CT molecular complexity index is 1500. The van der Waals surface area contributed by atoms with Crippen LogP contribution < -0.4 is 5.32 Å². The number of alkyl halides is 3. The van der Waals surface area contributed by atoms with Gasteiger partial charge in [-0.1, -0.05) is 6.07 Å². The largest absolute Gasteiger partial charge is 0.397 e. The zero-order valence-corrected chi connectivity index (χ0v) is 20.2. The molecule has 1 amide bonds. The average molecular weight is 521 g/mol. The molecule has 12 heteroatoms. The van der Waals surface area contributed by atoms with Gasteiger partial charge in [0.15, 0.2) is 0 Å². The summed E-state index contributed by atoms with van der Waals surface area (Å²) in [6, 6.07) is 13.4. The Balaban J connectivity index is 1.23. The number of aromatic nitrogens is 4. The first-order valence-corrected chi connectivity index (χ1v) is 11.9. The summed E-state index contributed by atoms with van der Waals surface area (Å²) >= 11 is 0. The van der Waals surface area contributed by atoms with Gasteiger partial charge in [-0.05, 0) is 41.5 Å². The quantitative estimate of drug-likeness (QED) is 0.391. The summed E-state index contributed by atoms with van der Waals surface area (Å²) in [7, 11) is 0. The molecular formula is C26H23F3N8O. The van der Waals surface area contributed by atoms with Crippen LogP contribution in [-0.4, -0.2) is 68.0 Å². The molecule has 0 aliphatic carbocycles. The number of H-pyrrole nitrogens is 1. The van der Waals surface area contributed by atoms with Crippen molar-refractivity contribution in [2.45, 2.75) is 19.1 Å². The Morgan fingerprint density at radius 1 is 1.11 bits per heavy atom. The maximum Gasteiger partial charge on any atom is 0.397 e. The number of nitriles is 1. The van der Waals surface area contributed by atoms with Gasteiger partial charge in [0.2, 0.25) is 11.9 Å². The van der Waals surface area contributed by atoms with Crippen molar-refractivity contribution in [1.29, 1.82) is 5.26 Å². The molecule has 3 aromatic heterocycles. The lowest BCUT2D eigenvalue weighted by Crippen LogP contribution is -2.49. The molecule has 0 saturated carbocycles. The zero-order chi connectivity index (χ0) is 26.7. The second-order valence-electron chi connectivity index (χ2n) is 8.97. The van der Waals surface area contributed by atoms with Gasteiger partial charge in [-0.25, -0.2) is 9.97 Å². The number of anilines is 2. The third kappa shape index (κ3) is 5.90. The standard InChI is InChI=1S/C26H23F3N8O/c27-26(28,29)13-24(38)37-9-7-36(8-10-37)16-17-3-6-32-23(11-17)35-25-33-21-2-1-18(12-22(21)34-25)20-4-5-31-15-19(20)14-30/h1-6,11-12,15H,7-10,13,16H2,(H2,32,33,34,35). The van der Waals surface area contributed by atoms with Crippen LogP contribution in [0.2, 0.25) is 0 Å². The zero-order valence-electron chi connectivity index (χ0n) is 20.2. The van der Waals surface area contributed by atoms with E-state index in [2.05, 4.69) is 36.2 Å². The van der Waals surface area contributed by atoms with Crippen LogP contribution in [0.3, 0.4) is 0 Å². The van der Waals surface area contributed by atoms with Crippen molar-refractivity contribution in [1.82, 2.24) is 29.7 Å². The van der Waals surface area contributed by atoms with Crippen molar-refractivity contribution in [3.05, 3.63) is 66.1 Å². The van der Waals surface area contributed by atoms with Crippen molar-refractivity contribution < 1.29 is 18.0 Å². The van der Waals surface area contributed by atoms with E-state index in [9.17, 15) is 23.2 Å². The summed E-state index contributed by atoms with van der Waals surface area (Å²) in [6.45, 7) is 2.09. The van der Waals surface area contributed by atoms with Gasteiger partial charge in [0.25, 0.3) is 0 Å². The van der Waals surface area contributed by atoms with E-state index >= 15 is 0 Å². The molecule has 0 spiro atoms. The van der Waals surface area contributed by atoms with Gasteiger partial charge in [0.1, 0.15) is 18.3 Å². The maximum atomic E-state index is 12.5. The fourth-order valence-corrected chi connectivity index (χ4v) is 4.43. The SMILES string of the molecule is N#Cc1cnccc1-c1ccc2nc(Nc3cc(CN4CCN(C(=O)CC(F)(F)F)CC4)ccn3)[nH]c2c1. The molecule has 4 aromatic rings. The van der Waals surface area contributed by atoms with Crippen LogP contribution in [0.4, 0.5) is 24.9 Å². The molecule has 0 radical (unpaired) electrons. The molecule has 1 aliphatic rings. The van der Waals surface area contributed by atoms with Crippen LogP contribution in [0, 0.1) is 11.3 Å². The molecule has 1 aliphatic heterocycles. The molecular weight excluding hydrogens is 497 g/mol. The minimum absolute atomic E-state index is 0.265. The number of piperazine rings is 1. The van der Waals surface area contributed by atoms with E-state index in [0.29, 0.717) is 37.0 Å². The van der Waals surface area contributed by atoms with Gasteiger partial charge in [-0.3, -0.25) is 14.7 Å². The second kappa shape index (κ2) is 10.5. The van der Waals surface area contributed by atoms with Gasteiger partial charge in [-0.2, -0.15) is 18.4 Å². The minimum atomic E-state index is -4.49. The smallest absolute Gasteiger partial charge is 0.340 e. The first-order chi connectivity index (χ1) is 18.3. The first-order valence-electron chi connectivity index (χ1n) is 11.9. The summed E-state index contributed by atoms with van der Waals surface area (Å²) in [5, 5.41) is 12.6. The highest BCUT2D eigenvalue weighted by Gasteiger charge is 2.34. The highest BCUT2D eigenvalue weighted by Crippen LogP contribution is 2.27. The monoisotopic (exact) mass is 520 g/mol. The Morgan fingerprint density at radius 2 is 1.92 bits per heavy atom. The molecule has 4 heterocycles. The van der Waals surface area contributed by atoms with E-state index in [1.54, 1.807) is 18.5 Å². The lowest BCUT2D eigenvalue weighted by molar-refractivity contribution is -0.162. The molecule has 1 aromatic carbocycles. The van der Waals surface area contributed by atoms with Crippen LogP contribution in [-0.2, 0) is 11.3 Å². The highest BCUT2D eigenvalue weighted by atomic mass is 19.4. The van der Waals surface area contributed by atoms with Crippen LogP contribution in [0.5, 0.6) is 0 Å². The number of hydrogen-bond acceptors (Lipinski definition) is 7. The highest BCUT2D eigenvalue weighted by molar-refractivity contribution is 5.85. The van der Waals surface area contributed by atoms with Gasteiger partial charge in [-0.15, -0.1) is 0 Å². The van der Waals surface area contributed by atoms with E-state index in [4.69, 9.17) is 0 Å². The summed E-state index contributed by atoms with van der Waals surface area (Å²) in [5.74, 6) is 0.215. The summed E-state index contributed by atoms with van der Waals surface area (Å²) < 4.78 is 37.5. The van der Waals surface area contributed by atoms with Crippen molar-refractivity contribution >= 4 is 28.7 Å². The number of imidazole rings is 1. The van der Waals surface area contributed by atoms with E-state index in [1.807, 2.05) is 30.3 Å². The molecule has 0 unspecified atom stereocenters. The number of amides is 1. The molecule has 1 fully saturated rings. The number of carbonyl (C=O) groups excluding carboxylic acids is 1. The Labute approximate surface area is 215 Å². The third-order valence-electron chi connectivity index (χ3n) is 6.29. The Kier molecular flexibility index (Phi) is 6.93. The van der Waals surface area contributed by atoms with Crippen molar-refractivity contribution in [2.75, 3.05) is 31.5 Å². The summed E-state index contributed by atoms with van der Waals surface area (Å²) in [4.78, 5) is 31.4. The van der Waals surface area contributed by atoms with E-state index in [0.717, 1.165) is 27.7 Å². The van der Waals surface area contributed by atoms with Gasteiger partial charge < -0.3 is 15.2 Å². The van der Waals surface area contributed by atoms with E-state index in [1.165, 1.54) is 11.1 Å². The molecule has 2 N–H and O–H groups in total. The van der Waals surface area contributed by atoms with Crippen molar-refractivity contribution in [3.63, 3.8) is 0 Å².